The summed E-state index contributed by atoms with van der Waals surface area (Å²) in [6, 6.07) is 8.65. The number of rotatable bonds is 5. The number of amides is 2. The van der Waals surface area contributed by atoms with E-state index >= 15 is 0 Å². The lowest BCUT2D eigenvalue weighted by atomic mass is 10.0. The standard InChI is InChI=1S/C21H29N3O3/c1-21(2,3)27-20(26)24(4)18(19(25)23-17-7-5-6-8-17)13-15-9-11-16(14-22)12-10-15/h9-12,17-18H,5-8,13H2,1-4H3,(H,23,25)/t18-/m0/s1. The van der Waals surface area contributed by atoms with E-state index in [1.54, 1.807) is 40.0 Å². The molecule has 27 heavy (non-hydrogen) atoms. The van der Waals surface area contributed by atoms with E-state index in [1.807, 2.05) is 12.1 Å². The van der Waals surface area contributed by atoms with E-state index in [4.69, 9.17) is 10.00 Å². The minimum absolute atomic E-state index is 0.167. The molecule has 6 nitrogen and oxygen atoms in total. The van der Waals surface area contributed by atoms with Crippen LogP contribution in [0.2, 0.25) is 0 Å². The van der Waals surface area contributed by atoms with Gasteiger partial charge in [-0.2, -0.15) is 5.26 Å². The first kappa shape index (κ1) is 20.8. The summed E-state index contributed by atoms with van der Waals surface area (Å²) in [7, 11) is 1.59. The Bertz CT molecular complexity index is 695. The second-order valence-electron chi connectivity index (χ2n) is 8.11. The van der Waals surface area contributed by atoms with Crippen molar-refractivity contribution in [1.82, 2.24) is 10.2 Å². The number of ether oxygens (including phenoxy) is 1. The Balaban J connectivity index is 2.16. The Morgan fingerprint density at radius 2 is 1.85 bits per heavy atom. The number of nitrogens with zero attached hydrogens (tertiary/aromatic N) is 2. The van der Waals surface area contributed by atoms with Crippen molar-refractivity contribution in [1.29, 1.82) is 5.26 Å². The van der Waals surface area contributed by atoms with Crippen molar-refractivity contribution in [3.63, 3.8) is 0 Å². The largest absolute Gasteiger partial charge is 0.444 e. The predicted octanol–water partition coefficient (Wildman–Crippen LogP) is 3.40. The molecule has 1 aliphatic carbocycles. The monoisotopic (exact) mass is 371 g/mol. The zero-order valence-electron chi connectivity index (χ0n) is 16.6. The zero-order chi connectivity index (χ0) is 20.0. The first-order valence-electron chi connectivity index (χ1n) is 9.45. The molecule has 1 atom stereocenters. The van der Waals surface area contributed by atoms with Gasteiger partial charge in [-0.25, -0.2) is 4.79 Å². The van der Waals surface area contributed by atoms with Crippen LogP contribution in [0, 0.1) is 11.3 Å². The molecule has 0 aliphatic heterocycles. The molecular formula is C21H29N3O3. The van der Waals surface area contributed by atoms with Crippen LogP contribution in [0.15, 0.2) is 24.3 Å². The lowest BCUT2D eigenvalue weighted by Crippen LogP contribution is -2.52. The fraction of sp³-hybridized carbons (Fsp3) is 0.571. The molecule has 146 valence electrons. The average Bonchev–Trinajstić information content (AvgIpc) is 3.11. The molecule has 2 amide bonds. The lowest BCUT2D eigenvalue weighted by Gasteiger charge is -2.31. The Hall–Kier alpha value is -2.55. The van der Waals surface area contributed by atoms with Gasteiger partial charge in [0.2, 0.25) is 5.91 Å². The lowest BCUT2D eigenvalue weighted by molar-refractivity contribution is -0.126. The molecule has 1 aromatic carbocycles. The fourth-order valence-corrected chi connectivity index (χ4v) is 3.17. The predicted molar refractivity (Wildman–Crippen MR) is 103 cm³/mol. The van der Waals surface area contributed by atoms with Crippen LogP contribution in [-0.2, 0) is 16.0 Å². The van der Waals surface area contributed by atoms with Gasteiger partial charge in [0.1, 0.15) is 11.6 Å². The van der Waals surface area contributed by atoms with Crippen LogP contribution in [0.3, 0.4) is 0 Å². The Morgan fingerprint density at radius 3 is 2.37 bits per heavy atom. The van der Waals surface area contributed by atoms with Gasteiger partial charge in [-0.1, -0.05) is 25.0 Å². The minimum Gasteiger partial charge on any atom is -0.444 e. The Morgan fingerprint density at radius 1 is 1.26 bits per heavy atom. The van der Waals surface area contributed by atoms with Gasteiger partial charge in [-0.3, -0.25) is 9.69 Å². The quantitative estimate of drug-likeness (QED) is 0.860. The van der Waals surface area contributed by atoms with Crippen molar-refractivity contribution in [2.75, 3.05) is 7.05 Å². The SMILES string of the molecule is CN(C(=O)OC(C)(C)C)[C@@H](Cc1ccc(C#N)cc1)C(=O)NC1CCCC1. The van der Waals surface area contributed by atoms with Crippen LogP contribution in [0.1, 0.15) is 57.6 Å². The van der Waals surface area contributed by atoms with E-state index in [2.05, 4.69) is 11.4 Å². The van der Waals surface area contributed by atoms with Gasteiger partial charge >= 0.3 is 6.09 Å². The number of benzene rings is 1. The number of nitrogens with one attached hydrogen (secondary N) is 1. The molecule has 1 fully saturated rings. The van der Waals surface area contributed by atoms with E-state index in [-0.39, 0.29) is 11.9 Å². The maximum Gasteiger partial charge on any atom is 0.410 e. The highest BCUT2D eigenvalue weighted by molar-refractivity contribution is 5.86. The van der Waals surface area contributed by atoms with E-state index in [0.29, 0.717) is 12.0 Å². The molecule has 0 radical (unpaired) electrons. The van der Waals surface area contributed by atoms with Gasteiger partial charge in [0.05, 0.1) is 11.6 Å². The van der Waals surface area contributed by atoms with Gasteiger partial charge in [0.25, 0.3) is 0 Å². The van der Waals surface area contributed by atoms with Crippen LogP contribution in [0.4, 0.5) is 4.79 Å². The van der Waals surface area contributed by atoms with Gasteiger partial charge in [0, 0.05) is 19.5 Å². The Kier molecular flexibility index (Phi) is 6.84. The molecule has 0 heterocycles. The fourth-order valence-electron chi connectivity index (χ4n) is 3.17. The summed E-state index contributed by atoms with van der Waals surface area (Å²) in [5.74, 6) is -0.167. The second-order valence-corrected chi connectivity index (χ2v) is 8.11. The molecule has 0 unspecified atom stereocenters. The molecule has 1 N–H and O–H groups in total. The van der Waals surface area contributed by atoms with Crippen molar-refractivity contribution < 1.29 is 14.3 Å². The third-order valence-electron chi connectivity index (χ3n) is 4.67. The normalized spacial score (nSPS) is 15.7. The van der Waals surface area contributed by atoms with Crippen molar-refractivity contribution in [2.24, 2.45) is 0 Å². The Labute approximate surface area is 161 Å². The molecule has 2 rings (SSSR count). The highest BCUT2D eigenvalue weighted by atomic mass is 16.6. The number of hydrogen-bond donors (Lipinski definition) is 1. The molecule has 1 aromatic rings. The maximum atomic E-state index is 12.9. The molecule has 0 aromatic heterocycles. The van der Waals surface area contributed by atoms with Crippen molar-refractivity contribution in [3.05, 3.63) is 35.4 Å². The third-order valence-corrected chi connectivity index (χ3v) is 4.67. The van der Waals surface area contributed by atoms with Crippen molar-refractivity contribution in [2.45, 2.75) is 70.6 Å². The molecule has 6 heteroatoms. The van der Waals surface area contributed by atoms with E-state index < -0.39 is 17.7 Å². The number of carbonyl (C=O) groups is 2. The zero-order valence-corrected chi connectivity index (χ0v) is 16.6. The first-order valence-corrected chi connectivity index (χ1v) is 9.45. The van der Waals surface area contributed by atoms with Crippen LogP contribution in [0.25, 0.3) is 0 Å². The minimum atomic E-state index is -0.673. The summed E-state index contributed by atoms with van der Waals surface area (Å²) < 4.78 is 5.44. The molecule has 1 saturated carbocycles. The molecule has 1 aliphatic rings. The van der Waals surface area contributed by atoms with Gasteiger partial charge in [0.15, 0.2) is 0 Å². The van der Waals surface area contributed by atoms with Crippen molar-refractivity contribution >= 4 is 12.0 Å². The highest BCUT2D eigenvalue weighted by Gasteiger charge is 2.32. The van der Waals surface area contributed by atoms with Crippen molar-refractivity contribution in [3.8, 4) is 6.07 Å². The van der Waals surface area contributed by atoms with Crippen LogP contribution < -0.4 is 5.32 Å². The number of nitriles is 1. The van der Waals surface area contributed by atoms with E-state index in [1.165, 1.54) is 4.90 Å². The first-order chi connectivity index (χ1) is 12.7. The molecule has 0 spiro atoms. The topological polar surface area (TPSA) is 82.4 Å². The van der Waals surface area contributed by atoms with E-state index in [9.17, 15) is 9.59 Å². The van der Waals surface area contributed by atoms with Gasteiger partial charge in [-0.05, 0) is 51.3 Å². The second kappa shape index (κ2) is 8.90. The highest BCUT2D eigenvalue weighted by Crippen LogP contribution is 2.19. The maximum absolute atomic E-state index is 12.9. The summed E-state index contributed by atoms with van der Waals surface area (Å²) in [5.41, 5.74) is 0.814. The van der Waals surface area contributed by atoms with Crippen LogP contribution in [-0.4, -0.2) is 41.6 Å². The summed E-state index contributed by atoms with van der Waals surface area (Å²) in [4.78, 5) is 26.8. The summed E-state index contributed by atoms with van der Waals surface area (Å²) >= 11 is 0. The molecular weight excluding hydrogens is 342 g/mol. The summed E-state index contributed by atoms with van der Waals surface area (Å²) in [6.07, 6.45) is 4.03. The number of hydrogen-bond acceptors (Lipinski definition) is 4. The summed E-state index contributed by atoms with van der Waals surface area (Å²) in [6.45, 7) is 5.40. The molecule has 0 bridgehead atoms. The van der Waals surface area contributed by atoms with Crippen LogP contribution in [0.5, 0.6) is 0 Å². The van der Waals surface area contributed by atoms with Gasteiger partial charge in [-0.15, -0.1) is 0 Å². The average molecular weight is 371 g/mol. The van der Waals surface area contributed by atoms with Crippen LogP contribution >= 0.6 is 0 Å². The molecule has 0 saturated heterocycles. The third kappa shape index (κ3) is 6.28. The van der Waals surface area contributed by atoms with Gasteiger partial charge < -0.3 is 10.1 Å². The smallest absolute Gasteiger partial charge is 0.410 e. The number of likely N-dealkylation sites (N-methyl/N-ethyl adjacent to an activating group) is 1. The number of carbonyl (C=O) groups excluding carboxylic acids is 2. The van der Waals surface area contributed by atoms with E-state index in [0.717, 1.165) is 31.2 Å². The summed E-state index contributed by atoms with van der Waals surface area (Å²) in [5, 5.41) is 12.0.